The normalized spacial score (nSPS) is 13.7. The quantitative estimate of drug-likeness (QED) is 0.714. The van der Waals surface area contributed by atoms with Crippen LogP contribution in [0.5, 0.6) is 0 Å². The molecule has 1 amide bonds. The van der Waals surface area contributed by atoms with E-state index in [0.29, 0.717) is 17.1 Å². The molecule has 0 aliphatic rings. The number of carbonyl (C=O) groups is 1. The van der Waals surface area contributed by atoms with E-state index >= 15 is 0 Å². The second kappa shape index (κ2) is 6.94. The summed E-state index contributed by atoms with van der Waals surface area (Å²) in [7, 11) is 0. The number of alkyl halides is 3. The first-order chi connectivity index (χ1) is 13.1. The van der Waals surface area contributed by atoms with Gasteiger partial charge >= 0.3 is 6.18 Å². The molecule has 7 nitrogen and oxygen atoms in total. The molecule has 3 rings (SSSR count). The minimum absolute atomic E-state index is 0.194. The Balaban J connectivity index is 1.83. The van der Waals surface area contributed by atoms with Crippen molar-refractivity contribution in [2.24, 2.45) is 0 Å². The molecule has 1 aromatic heterocycles. The average molecular weight is 389 g/mol. The molecule has 28 heavy (non-hydrogen) atoms. The maximum Gasteiger partial charge on any atom is 0.417 e. The van der Waals surface area contributed by atoms with Crippen LogP contribution in [0.1, 0.15) is 18.1 Å². The largest absolute Gasteiger partial charge is 0.417 e. The maximum atomic E-state index is 13.1. The number of nitrogens with zero attached hydrogens (tertiary/aromatic N) is 4. The molecule has 0 radical (unpaired) electrons. The fourth-order valence-electron chi connectivity index (χ4n) is 2.62. The number of halogens is 3. The first-order valence-corrected chi connectivity index (χ1v) is 8.05. The van der Waals surface area contributed by atoms with Crippen molar-refractivity contribution >= 4 is 22.6 Å². The Morgan fingerprint density at radius 2 is 2.00 bits per heavy atom. The number of hydrogen-bond acceptors (Lipinski definition) is 5. The number of aromatic nitrogens is 3. The van der Waals surface area contributed by atoms with Gasteiger partial charge in [-0.1, -0.05) is 17.3 Å². The Hall–Kier alpha value is -3.45. The Kier molecular flexibility index (Phi) is 4.79. The van der Waals surface area contributed by atoms with Crippen molar-refractivity contribution in [3.05, 3.63) is 53.6 Å². The van der Waals surface area contributed by atoms with Crippen LogP contribution in [0.25, 0.3) is 11.0 Å². The van der Waals surface area contributed by atoms with Gasteiger partial charge in [0.15, 0.2) is 5.60 Å². The zero-order valence-corrected chi connectivity index (χ0v) is 14.5. The van der Waals surface area contributed by atoms with Gasteiger partial charge < -0.3 is 10.4 Å². The van der Waals surface area contributed by atoms with Crippen molar-refractivity contribution in [1.29, 1.82) is 5.26 Å². The molecule has 0 fully saturated rings. The van der Waals surface area contributed by atoms with E-state index in [2.05, 4.69) is 15.6 Å². The van der Waals surface area contributed by atoms with Crippen LogP contribution in [0, 0.1) is 11.3 Å². The highest BCUT2D eigenvalue weighted by molar-refractivity contribution is 5.97. The zero-order valence-electron chi connectivity index (χ0n) is 14.5. The standard InChI is InChI=1S/C18H14F3N5O2/c1-17(28,10-26-15-5-3-2-4-14(15)24-25-26)16(27)23-12-7-6-11(9-22)13(8-12)18(19,20)21/h2-8,28H,10H2,1H3,(H,23,27). The van der Waals surface area contributed by atoms with Crippen molar-refractivity contribution in [2.45, 2.75) is 25.2 Å². The van der Waals surface area contributed by atoms with Crippen molar-refractivity contribution in [1.82, 2.24) is 15.0 Å². The molecular weight excluding hydrogens is 375 g/mol. The smallest absolute Gasteiger partial charge is 0.378 e. The van der Waals surface area contributed by atoms with Gasteiger partial charge in [-0.3, -0.25) is 4.79 Å². The van der Waals surface area contributed by atoms with Crippen molar-refractivity contribution in [3.63, 3.8) is 0 Å². The first kappa shape index (κ1) is 19.3. The number of nitrogens with one attached hydrogen (secondary N) is 1. The van der Waals surface area contributed by atoms with Crippen molar-refractivity contribution in [2.75, 3.05) is 5.32 Å². The number of rotatable bonds is 4. The van der Waals surface area contributed by atoms with Crippen LogP contribution < -0.4 is 5.32 Å². The number of carbonyl (C=O) groups excluding carboxylic acids is 1. The SMILES string of the molecule is CC(O)(Cn1nnc2ccccc21)C(=O)Nc1ccc(C#N)c(C(F)(F)F)c1. The van der Waals surface area contributed by atoms with E-state index in [1.165, 1.54) is 17.7 Å². The number of aliphatic hydroxyl groups is 1. The summed E-state index contributed by atoms with van der Waals surface area (Å²) in [5, 5.41) is 29.4. The van der Waals surface area contributed by atoms with E-state index in [-0.39, 0.29) is 12.2 Å². The number of nitriles is 1. The number of amides is 1. The molecule has 1 heterocycles. The molecule has 1 atom stereocenters. The van der Waals surface area contributed by atoms with Crippen molar-refractivity contribution in [3.8, 4) is 6.07 Å². The highest BCUT2D eigenvalue weighted by Crippen LogP contribution is 2.33. The molecule has 0 aliphatic carbocycles. The summed E-state index contributed by atoms with van der Waals surface area (Å²) in [6.45, 7) is 0.953. The summed E-state index contributed by atoms with van der Waals surface area (Å²) >= 11 is 0. The predicted octanol–water partition coefficient (Wildman–Crippen LogP) is 2.71. The van der Waals surface area contributed by atoms with Crippen LogP contribution in [0.2, 0.25) is 0 Å². The molecule has 0 saturated carbocycles. The predicted molar refractivity (Wildman–Crippen MR) is 92.9 cm³/mol. The van der Waals surface area contributed by atoms with Gasteiger partial charge in [0.05, 0.1) is 29.3 Å². The molecule has 10 heteroatoms. The molecule has 1 unspecified atom stereocenters. The van der Waals surface area contributed by atoms with Gasteiger partial charge in [-0.25, -0.2) is 4.68 Å². The zero-order chi connectivity index (χ0) is 20.5. The van der Waals surface area contributed by atoms with Crippen LogP contribution in [-0.2, 0) is 17.5 Å². The topological polar surface area (TPSA) is 104 Å². The van der Waals surface area contributed by atoms with E-state index in [1.54, 1.807) is 24.3 Å². The fourth-order valence-corrected chi connectivity index (χ4v) is 2.62. The lowest BCUT2D eigenvalue weighted by Crippen LogP contribution is -2.44. The number of para-hydroxylation sites is 1. The minimum Gasteiger partial charge on any atom is -0.378 e. The maximum absolute atomic E-state index is 13.1. The monoisotopic (exact) mass is 389 g/mol. The Morgan fingerprint density at radius 3 is 2.68 bits per heavy atom. The third-order valence-corrected chi connectivity index (χ3v) is 4.07. The molecule has 0 spiro atoms. The molecule has 2 N–H and O–H groups in total. The molecule has 3 aromatic rings. The van der Waals surface area contributed by atoms with E-state index in [1.807, 2.05) is 0 Å². The molecule has 0 bridgehead atoms. The highest BCUT2D eigenvalue weighted by atomic mass is 19.4. The second-order valence-corrected chi connectivity index (χ2v) is 6.33. The number of fused-ring (bicyclic) bond motifs is 1. The molecule has 0 saturated heterocycles. The number of anilines is 1. The lowest BCUT2D eigenvalue weighted by atomic mass is 10.0. The van der Waals surface area contributed by atoms with Gasteiger partial charge in [-0.2, -0.15) is 18.4 Å². The first-order valence-electron chi connectivity index (χ1n) is 8.05. The summed E-state index contributed by atoms with van der Waals surface area (Å²) in [5.74, 6) is -0.926. The summed E-state index contributed by atoms with van der Waals surface area (Å²) in [6.07, 6.45) is -4.76. The van der Waals surface area contributed by atoms with Crippen LogP contribution in [0.3, 0.4) is 0 Å². The fraction of sp³-hybridized carbons (Fsp3) is 0.222. The van der Waals surface area contributed by atoms with Gasteiger partial charge in [-0.05, 0) is 37.3 Å². The Morgan fingerprint density at radius 1 is 1.29 bits per heavy atom. The van der Waals surface area contributed by atoms with Gasteiger partial charge in [0.1, 0.15) is 5.52 Å². The third kappa shape index (κ3) is 3.79. The summed E-state index contributed by atoms with van der Waals surface area (Å²) in [6, 6.07) is 11.1. The third-order valence-electron chi connectivity index (χ3n) is 4.07. The van der Waals surface area contributed by atoms with E-state index in [0.717, 1.165) is 12.1 Å². The van der Waals surface area contributed by atoms with Crippen molar-refractivity contribution < 1.29 is 23.1 Å². The average Bonchev–Trinajstić information content (AvgIpc) is 3.03. The molecule has 0 aliphatic heterocycles. The van der Waals surface area contributed by atoms with E-state index in [4.69, 9.17) is 5.26 Å². The second-order valence-electron chi connectivity index (χ2n) is 6.33. The van der Waals surface area contributed by atoms with Crippen LogP contribution in [0.15, 0.2) is 42.5 Å². The lowest BCUT2D eigenvalue weighted by molar-refractivity contribution is -0.138. The number of hydrogen-bond donors (Lipinski definition) is 2. The van der Waals surface area contributed by atoms with Crippen LogP contribution in [-0.4, -0.2) is 31.6 Å². The molecular formula is C18H14F3N5O2. The summed E-state index contributed by atoms with van der Waals surface area (Å²) in [4.78, 5) is 12.4. The van der Waals surface area contributed by atoms with Gasteiger partial charge in [0.25, 0.3) is 5.91 Å². The van der Waals surface area contributed by atoms with Gasteiger partial charge in [-0.15, -0.1) is 5.10 Å². The highest BCUT2D eigenvalue weighted by Gasteiger charge is 2.35. The summed E-state index contributed by atoms with van der Waals surface area (Å²) in [5.41, 5.74) is -2.75. The molecule has 144 valence electrons. The van der Waals surface area contributed by atoms with Gasteiger partial charge in [0, 0.05) is 5.69 Å². The molecule has 2 aromatic carbocycles. The minimum atomic E-state index is -4.76. The van der Waals surface area contributed by atoms with Gasteiger partial charge in [0.2, 0.25) is 0 Å². The van der Waals surface area contributed by atoms with E-state index < -0.39 is 28.8 Å². The van der Waals surface area contributed by atoms with E-state index in [9.17, 15) is 23.1 Å². The van der Waals surface area contributed by atoms with Crippen LogP contribution >= 0.6 is 0 Å². The Bertz CT molecular complexity index is 1080. The lowest BCUT2D eigenvalue weighted by Gasteiger charge is -2.22. The number of benzene rings is 2. The van der Waals surface area contributed by atoms with Crippen LogP contribution in [0.4, 0.5) is 18.9 Å². The summed E-state index contributed by atoms with van der Waals surface area (Å²) < 4.78 is 40.5. The Labute approximate surface area is 157 Å².